The molecule has 0 bridgehead atoms. The largest absolute Gasteiger partial charge is 0.368 e. The predicted molar refractivity (Wildman–Crippen MR) is 113 cm³/mol. The molecule has 2 amide bonds. The van der Waals surface area contributed by atoms with E-state index >= 15 is 0 Å². The topological polar surface area (TPSA) is 99.7 Å². The van der Waals surface area contributed by atoms with Gasteiger partial charge in [-0.15, -0.1) is 0 Å². The number of pyridine rings is 1. The first-order chi connectivity index (χ1) is 14.2. The Hall–Kier alpha value is -2.94. The van der Waals surface area contributed by atoms with Crippen molar-refractivity contribution < 1.29 is 18.0 Å². The van der Waals surface area contributed by atoms with Crippen molar-refractivity contribution in [1.29, 1.82) is 0 Å². The minimum Gasteiger partial charge on any atom is -0.368 e. The zero-order valence-corrected chi connectivity index (χ0v) is 17.8. The van der Waals surface area contributed by atoms with Gasteiger partial charge in [0.1, 0.15) is 5.82 Å². The van der Waals surface area contributed by atoms with E-state index in [0.717, 1.165) is 22.4 Å². The Labute approximate surface area is 175 Å². The number of aryl methyl sites for hydroxylation is 1. The summed E-state index contributed by atoms with van der Waals surface area (Å²) in [7, 11) is -3.26. The highest BCUT2D eigenvalue weighted by Gasteiger charge is 2.27. The standard InChI is InChI=1S/C21H24N4O4S/c1-14-11-16(30(2,28)29)4-3-15(14)12-20(27)25-9-7-24(8-10-25)18-5-6-22-21-17(18)13-19(26)23-21/h3-6,11H,7-10,12-13H2,1-2H3,(H,22,23,26). The first-order valence-corrected chi connectivity index (χ1v) is 11.7. The number of sulfone groups is 1. The van der Waals surface area contributed by atoms with E-state index in [1.54, 1.807) is 24.4 Å². The number of rotatable bonds is 4. The van der Waals surface area contributed by atoms with Gasteiger partial charge in [0, 0.05) is 49.9 Å². The van der Waals surface area contributed by atoms with Gasteiger partial charge < -0.3 is 15.1 Å². The number of fused-ring (bicyclic) bond motifs is 1. The van der Waals surface area contributed by atoms with E-state index in [1.807, 2.05) is 17.9 Å². The number of carbonyl (C=O) groups excluding carboxylic acids is 2. The zero-order chi connectivity index (χ0) is 21.5. The van der Waals surface area contributed by atoms with Gasteiger partial charge in [-0.2, -0.15) is 0 Å². The molecule has 2 aliphatic rings. The number of hydrogen-bond acceptors (Lipinski definition) is 6. The van der Waals surface area contributed by atoms with Crippen molar-refractivity contribution in [1.82, 2.24) is 9.88 Å². The molecule has 9 heteroatoms. The molecule has 0 saturated carbocycles. The summed E-state index contributed by atoms with van der Waals surface area (Å²) in [5.74, 6) is 0.613. The molecule has 3 heterocycles. The monoisotopic (exact) mass is 428 g/mol. The molecule has 0 aliphatic carbocycles. The molecule has 1 aromatic carbocycles. The first-order valence-electron chi connectivity index (χ1n) is 9.82. The maximum atomic E-state index is 12.8. The Kier molecular flexibility index (Phi) is 5.23. The molecule has 2 aliphatic heterocycles. The highest BCUT2D eigenvalue weighted by Crippen LogP contribution is 2.31. The minimum absolute atomic E-state index is 0.0293. The second-order valence-corrected chi connectivity index (χ2v) is 9.80. The molecule has 0 atom stereocenters. The van der Waals surface area contributed by atoms with E-state index in [1.165, 1.54) is 6.26 Å². The van der Waals surface area contributed by atoms with Crippen LogP contribution in [0.25, 0.3) is 0 Å². The van der Waals surface area contributed by atoms with Gasteiger partial charge in [0.2, 0.25) is 11.8 Å². The van der Waals surface area contributed by atoms with Crippen LogP contribution in [0.2, 0.25) is 0 Å². The molecule has 1 fully saturated rings. The molecular formula is C21H24N4O4S. The third-order valence-electron chi connectivity index (χ3n) is 5.68. The number of aromatic nitrogens is 1. The van der Waals surface area contributed by atoms with E-state index in [0.29, 0.717) is 38.4 Å². The van der Waals surface area contributed by atoms with Crippen LogP contribution in [0.3, 0.4) is 0 Å². The lowest BCUT2D eigenvalue weighted by molar-refractivity contribution is -0.130. The summed E-state index contributed by atoms with van der Waals surface area (Å²) in [5, 5.41) is 2.77. The van der Waals surface area contributed by atoms with E-state index in [-0.39, 0.29) is 23.1 Å². The van der Waals surface area contributed by atoms with Crippen LogP contribution in [0.4, 0.5) is 11.5 Å². The summed E-state index contributed by atoms with van der Waals surface area (Å²) in [5.41, 5.74) is 3.56. The second kappa shape index (κ2) is 7.71. The lowest BCUT2D eigenvalue weighted by atomic mass is 10.0. The van der Waals surface area contributed by atoms with E-state index in [2.05, 4.69) is 15.2 Å². The third-order valence-corrected chi connectivity index (χ3v) is 6.79. The normalized spacial score (nSPS) is 16.4. The van der Waals surface area contributed by atoms with Crippen LogP contribution in [-0.2, 0) is 32.3 Å². The highest BCUT2D eigenvalue weighted by atomic mass is 32.2. The average molecular weight is 429 g/mol. The molecular weight excluding hydrogens is 404 g/mol. The van der Waals surface area contributed by atoms with Crippen LogP contribution in [-0.4, -0.2) is 62.6 Å². The lowest BCUT2D eigenvalue weighted by Crippen LogP contribution is -2.49. The number of anilines is 2. The Balaban J connectivity index is 1.40. The van der Waals surface area contributed by atoms with Crippen molar-refractivity contribution in [2.75, 3.05) is 42.7 Å². The fourth-order valence-corrected chi connectivity index (χ4v) is 4.67. The maximum absolute atomic E-state index is 12.8. The second-order valence-electron chi connectivity index (χ2n) is 7.79. The van der Waals surface area contributed by atoms with Crippen molar-refractivity contribution in [3.8, 4) is 0 Å². The number of piperazine rings is 1. The first kappa shape index (κ1) is 20.3. The molecule has 4 rings (SSSR count). The van der Waals surface area contributed by atoms with Gasteiger partial charge in [0.25, 0.3) is 0 Å². The van der Waals surface area contributed by atoms with Gasteiger partial charge in [-0.25, -0.2) is 13.4 Å². The van der Waals surface area contributed by atoms with Gasteiger partial charge >= 0.3 is 0 Å². The summed E-state index contributed by atoms with van der Waals surface area (Å²) < 4.78 is 23.4. The Morgan fingerprint density at radius 2 is 1.90 bits per heavy atom. The number of benzene rings is 1. The summed E-state index contributed by atoms with van der Waals surface area (Å²) in [4.78, 5) is 33.0. The average Bonchev–Trinajstić information content (AvgIpc) is 3.09. The molecule has 0 spiro atoms. The zero-order valence-electron chi connectivity index (χ0n) is 17.0. The quantitative estimate of drug-likeness (QED) is 0.785. The summed E-state index contributed by atoms with van der Waals surface area (Å²) >= 11 is 0. The van der Waals surface area contributed by atoms with Crippen molar-refractivity contribution in [3.05, 3.63) is 47.2 Å². The number of hydrogen-bond donors (Lipinski definition) is 1. The van der Waals surface area contributed by atoms with Gasteiger partial charge in [0.15, 0.2) is 9.84 Å². The molecule has 0 unspecified atom stereocenters. The van der Waals surface area contributed by atoms with Gasteiger partial charge in [0.05, 0.1) is 17.7 Å². The number of nitrogens with zero attached hydrogens (tertiary/aromatic N) is 3. The SMILES string of the molecule is Cc1cc(S(C)(=O)=O)ccc1CC(=O)N1CCN(c2ccnc3c2CC(=O)N3)CC1. The van der Waals surface area contributed by atoms with Crippen LogP contribution < -0.4 is 10.2 Å². The lowest BCUT2D eigenvalue weighted by Gasteiger charge is -2.37. The van der Waals surface area contributed by atoms with Crippen LogP contribution in [0.1, 0.15) is 16.7 Å². The van der Waals surface area contributed by atoms with E-state index in [9.17, 15) is 18.0 Å². The molecule has 2 aromatic rings. The fourth-order valence-electron chi connectivity index (χ4n) is 3.97. The summed E-state index contributed by atoms with van der Waals surface area (Å²) in [6, 6.07) is 6.82. The van der Waals surface area contributed by atoms with Crippen LogP contribution in [0, 0.1) is 6.92 Å². The number of amides is 2. The van der Waals surface area contributed by atoms with Crippen molar-refractivity contribution in [2.24, 2.45) is 0 Å². The molecule has 1 aromatic heterocycles. The third kappa shape index (κ3) is 4.02. The molecule has 0 radical (unpaired) electrons. The fraction of sp³-hybridized carbons (Fsp3) is 0.381. The maximum Gasteiger partial charge on any atom is 0.230 e. The van der Waals surface area contributed by atoms with Crippen LogP contribution in [0.5, 0.6) is 0 Å². The summed E-state index contributed by atoms with van der Waals surface area (Å²) in [6.07, 6.45) is 3.45. The van der Waals surface area contributed by atoms with E-state index < -0.39 is 9.84 Å². The highest BCUT2D eigenvalue weighted by molar-refractivity contribution is 7.90. The molecule has 8 nitrogen and oxygen atoms in total. The van der Waals surface area contributed by atoms with Crippen LogP contribution in [0.15, 0.2) is 35.4 Å². The minimum atomic E-state index is -3.26. The van der Waals surface area contributed by atoms with E-state index in [4.69, 9.17) is 0 Å². The Morgan fingerprint density at radius 1 is 1.17 bits per heavy atom. The Bertz CT molecular complexity index is 1120. The number of carbonyl (C=O) groups is 2. The van der Waals surface area contributed by atoms with Crippen LogP contribution >= 0.6 is 0 Å². The predicted octanol–water partition coefficient (Wildman–Crippen LogP) is 1.18. The smallest absolute Gasteiger partial charge is 0.230 e. The molecule has 158 valence electrons. The van der Waals surface area contributed by atoms with Gasteiger partial charge in [-0.05, 0) is 36.2 Å². The molecule has 30 heavy (non-hydrogen) atoms. The van der Waals surface area contributed by atoms with Crippen molar-refractivity contribution in [3.63, 3.8) is 0 Å². The van der Waals surface area contributed by atoms with Crippen molar-refractivity contribution in [2.45, 2.75) is 24.7 Å². The molecule has 1 saturated heterocycles. The summed E-state index contributed by atoms with van der Waals surface area (Å²) in [6.45, 7) is 4.38. The number of nitrogens with one attached hydrogen (secondary N) is 1. The van der Waals surface area contributed by atoms with Crippen molar-refractivity contribution >= 4 is 33.2 Å². The van der Waals surface area contributed by atoms with Gasteiger partial charge in [-0.1, -0.05) is 6.07 Å². The Morgan fingerprint density at radius 3 is 2.57 bits per heavy atom. The van der Waals surface area contributed by atoms with Gasteiger partial charge in [-0.3, -0.25) is 9.59 Å². The molecule has 1 N–H and O–H groups in total.